The quantitative estimate of drug-likeness (QED) is 0.856. The number of aliphatic carboxylic acids is 1. The summed E-state index contributed by atoms with van der Waals surface area (Å²) in [5, 5.41) is 18.3. The number of carbonyl (C=O) groups is 2. The summed E-state index contributed by atoms with van der Waals surface area (Å²) in [7, 11) is 0. The third-order valence-corrected chi connectivity index (χ3v) is 4.38. The first-order valence-electron chi connectivity index (χ1n) is 8.01. The van der Waals surface area contributed by atoms with Crippen LogP contribution in [0.4, 0.5) is 5.69 Å². The van der Waals surface area contributed by atoms with Crippen molar-refractivity contribution in [1.82, 2.24) is 5.32 Å². The number of hydrogen-bond acceptors (Lipinski definition) is 5. The van der Waals surface area contributed by atoms with Crippen LogP contribution in [0.5, 0.6) is 0 Å². The average molecular weight is 331 g/mol. The monoisotopic (exact) mass is 331 g/mol. The van der Waals surface area contributed by atoms with Crippen molar-refractivity contribution in [2.24, 2.45) is 5.10 Å². The maximum atomic E-state index is 12.5. The smallest absolute Gasteiger partial charge is 0.305 e. The normalized spacial score (nSPS) is 23.2. The van der Waals surface area contributed by atoms with E-state index in [0.717, 1.165) is 24.4 Å². The third-order valence-electron chi connectivity index (χ3n) is 4.38. The lowest BCUT2D eigenvalue weighted by molar-refractivity contribution is -0.138. The number of carboxylic acid groups (broad SMARTS) is 1. The number of carboxylic acids is 1. The summed E-state index contributed by atoms with van der Waals surface area (Å²) in [6, 6.07) is 7.17. The van der Waals surface area contributed by atoms with Gasteiger partial charge in [-0.2, -0.15) is 5.10 Å². The molecule has 2 heterocycles. The highest BCUT2D eigenvalue weighted by molar-refractivity contribution is 5.95. The van der Waals surface area contributed by atoms with Crippen molar-refractivity contribution in [1.29, 1.82) is 0 Å². The first-order valence-corrected chi connectivity index (χ1v) is 8.01. The second-order valence-electron chi connectivity index (χ2n) is 6.36. The molecule has 0 radical (unpaired) electrons. The Balaban J connectivity index is 1.69. The minimum atomic E-state index is -0.946. The number of amides is 1. The molecule has 1 fully saturated rings. The summed E-state index contributed by atoms with van der Waals surface area (Å²) >= 11 is 0. The number of anilines is 1. The SMILES string of the molecule is CC1=NN(c2ccc(C(=O)NC3(CC(=O)O)CCOC3)cc2)CC1. The molecular weight excluding hydrogens is 310 g/mol. The summed E-state index contributed by atoms with van der Waals surface area (Å²) in [5.41, 5.74) is 1.70. The van der Waals surface area contributed by atoms with Gasteiger partial charge in [-0.3, -0.25) is 14.6 Å². The van der Waals surface area contributed by atoms with Gasteiger partial charge < -0.3 is 15.2 Å². The number of rotatable bonds is 5. The summed E-state index contributed by atoms with van der Waals surface area (Å²) in [6.45, 7) is 3.52. The van der Waals surface area contributed by atoms with Gasteiger partial charge in [0.15, 0.2) is 0 Å². The largest absolute Gasteiger partial charge is 0.481 e. The zero-order valence-corrected chi connectivity index (χ0v) is 13.6. The third kappa shape index (κ3) is 3.56. The van der Waals surface area contributed by atoms with Crippen LogP contribution in [0.1, 0.15) is 36.5 Å². The van der Waals surface area contributed by atoms with Crippen LogP contribution in [-0.4, -0.2) is 48.0 Å². The van der Waals surface area contributed by atoms with E-state index < -0.39 is 11.5 Å². The van der Waals surface area contributed by atoms with Crippen molar-refractivity contribution in [3.8, 4) is 0 Å². The standard InChI is InChI=1S/C17H21N3O4/c1-12-6-8-20(19-12)14-4-2-13(3-5-14)16(23)18-17(10-15(21)22)7-9-24-11-17/h2-5H,6-11H2,1H3,(H,18,23)(H,21,22). The molecule has 0 spiro atoms. The summed E-state index contributed by atoms with van der Waals surface area (Å²) in [6.07, 6.45) is 1.31. The van der Waals surface area contributed by atoms with Gasteiger partial charge in [0.1, 0.15) is 0 Å². The highest BCUT2D eigenvalue weighted by Gasteiger charge is 2.38. The van der Waals surface area contributed by atoms with Gasteiger partial charge in [-0.1, -0.05) is 0 Å². The Bertz CT molecular complexity index is 663. The van der Waals surface area contributed by atoms with E-state index in [1.165, 1.54) is 0 Å². The lowest BCUT2D eigenvalue weighted by atomic mass is 9.93. The fraction of sp³-hybridized carbons (Fsp3) is 0.471. The van der Waals surface area contributed by atoms with E-state index in [2.05, 4.69) is 10.4 Å². The number of nitrogens with zero attached hydrogens (tertiary/aromatic N) is 2. The molecule has 128 valence electrons. The minimum Gasteiger partial charge on any atom is -0.481 e. The van der Waals surface area contributed by atoms with E-state index in [1.807, 2.05) is 24.1 Å². The maximum absolute atomic E-state index is 12.5. The van der Waals surface area contributed by atoms with Gasteiger partial charge in [0.05, 0.1) is 24.3 Å². The fourth-order valence-electron chi connectivity index (χ4n) is 3.04. The molecule has 3 rings (SSSR count). The molecule has 0 bridgehead atoms. The molecule has 0 saturated carbocycles. The molecule has 0 aromatic heterocycles. The molecule has 2 aliphatic heterocycles. The van der Waals surface area contributed by atoms with Gasteiger partial charge in [-0.15, -0.1) is 0 Å². The molecule has 7 heteroatoms. The van der Waals surface area contributed by atoms with E-state index in [0.29, 0.717) is 18.6 Å². The van der Waals surface area contributed by atoms with Crippen molar-refractivity contribution in [2.45, 2.75) is 31.7 Å². The molecule has 0 aliphatic carbocycles. The van der Waals surface area contributed by atoms with Crippen LogP contribution in [0, 0.1) is 0 Å². The van der Waals surface area contributed by atoms with E-state index in [-0.39, 0.29) is 18.9 Å². The first kappa shape index (κ1) is 16.4. The molecule has 1 saturated heterocycles. The van der Waals surface area contributed by atoms with Crippen molar-refractivity contribution in [3.05, 3.63) is 29.8 Å². The highest BCUT2D eigenvalue weighted by atomic mass is 16.5. The van der Waals surface area contributed by atoms with Gasteiger partial charge in [-0.25, -0.2) is 0 Å². The van der Waals surface area contributed by atoms with Gasteiger partial charge in [0.25, 0.3) is 5.91 Å². The lowest BCUT2D eigenvalue weighted by Gasteiger charge is -2.27. The second-order valence-corrected chi connectivity index (χ2v) is 6.36. The Morgan fingerprint density at radius 2 is 2.12 bits per heavy atom. The van der Waals surface area contributed by atoms with Crippen molar-refractivity contribution in [2.75, 3.05) is 24.8 Å². The summed E-state index contributed by atoms with van der Waals surface area (Å²) in [4.78, 5) is 23.5. The van der Waals surface area contributed by atoms with Crippen LogP contribution >= 0.6 is 0 Å². The van der Waals surface area contributed by atoms with E-state index in [4.69, 9.17) is 9.84 Å². The number of hydrogen-bond donors (Lipinski definition) is 2. The number of hydrazone groups is 1. The van der Waals surface area contributed by atoms with Crippen LogP contribution in [0.2, 0.25) is 0 Å². The first-order chi connectivity index (χ1) is 11.5. The Morgan fingerprint density at radius 3 is 2.67 bits per heavy atom. The number of benzene rings is 1. The summed E-state index contributed by atoms with van der Waals surface area (Å²) in [5.74, 6) is -1.23. The predicted octanol–water partition coefficient (Wildman–Crippen LogP) is 1.64. The molecular formula is C17H21N3O4. The Hall–Kier alpha value is -2.41. The topological polar surface area (TPSA) is 91.2 Å². The predicted molar refractivity (Wildman–Crippen MR) is 89.4 cm³/mol. The van der Waals surface area contributed by atoms with Crippen molar-refractivity contribution >= 4 is 23.3 Å². The second kappa shape index (κ2) is 6.60. The van der Waals surface area contributed by atoms with E-state index >= 15 is 0 Å². The van der Waals surface area contributed by atoms with Crippen LogP contribution < -0.4 is 10.3 Å². The molecule has 2 N–H and O–H groups in total. The highest BCUT2D eigenvalue weighted by Crippen LogP contribution is 2.24. The molecule has 1 aromatic rings. The zero-order chi connectivity index (χ0) is 17.2. The number of ether oxygens (including phenoxy) is 1. The molecule has 7 nitrogen and oxygen atoms in total. The molecule has 1 amide bonds. The minimum absolute atomic E-state index is 0.140. The van der Waals surface area contributed by atoms with E-state index in [1.54, 1.807) is 12.1 Å². The molecule has 1 unspecified atom stereocenters. The maximum Gasteiger partial charge on any atom is 0.305 e. The van der Waals surface area contributed by atoms with Crippen LogP contribution in [0.15, 0.2) is 29.4 Å². The van der Waals surface area contributed by atoms with Crippen LogP contribution in [0.3, 0.4) is 0 Å². The zero-order valence-electron chi connectivity index (χ0n) is 13.6. The molecule has 2 aliphatic rings. The van der Waals surface area contributed by atoms with Gasteiger partial charge in [-0.05, 0) is 37.6 Å². The Labute approximate surface area is 140 Å². The lowest BCUT2D eigenvalue weighted by Crippen LogP contribution is -2.50. The molecule has 24 heavy (non-hydrogen) atoms. The number of nitrogens with one attached hydrogen (secondary N) is 1. The summed E-state index contributed by atoms with van der Waals surface area (Å²) < 4.78 is 5.30. The Morgan fingerprint density at radius 1 is 1.38 bits per heavy atom. The van der Waals surface area contributed by atoms with Crippen LogP contribution in [-0.2, 0) is 9.53 Å². The van der Waals surface area contributed by atoms with Crippen molar-refractivity contribution in [3.63, 3.8) is 0 Å². The van der Waals surface area contributed by atoms with Crippen molar-refractivity contribution < 1.29 is 19.4 Å². The molecule has 1 atom stereocenters. The number of carbonyl (C=O) groups excluding carboxylic acids is 1. The van der Waals surface area contributed by atoms with Gasteiger partial charge >= 0.3 is 5.97 Å². The molecule has 1 aromatic carbocycles. The fourth-order valence-corrected chi connectivity index (χ4v) is 3.04. The van der Waals surface area contributed by atoms with Gasteiger partial charge in [0.2, 0.25) is 0 Å². The van der Waals surface area contributed by atoms with E-state index in [9.17, 15) is 9.59 Å². The average Bonchev–Trinajstić information content (AvgIpc) is 3.16. The van der Waals surface area contributed by atoms with Gasteiger partial charge in [0, 0.05) is 30.8 Å². The van der Waals surface area contributed by atoms with Crippen LogP contribution in [0.25, 0.3) is 0 Å². The Kier molecular flexibility index (Phi) is 4.53.